The van der Waals surface area contributed by atoms with Crippen LogP contribution in [0.4, 0.5) is 0 Å². The number of carbonyl (C=O) groups excluding carboxylic acids is 1. The number of hydrogen-bond acceptors (Lipinski definition) is 4. The van der Waals surface area contributed by atoms with Crippen molar-refractivity contribution in [2.24, 2.45) is 16.3 Å². The highest BCUT2D eigenvalue weighted by atomic mass is 16.5. The smallest absolute Gasteiger partial charge is 0.234 e. The minimum absolute atomic E-state index is 0.0373. The molecule has 100 valence electrons. The number of amides is 1. The number of carbonyl (C=O) groups is 1. The van der Waals surface area contributed by atoms with Crippen molar-refractivity contribution in [3.05, 3.63) is 0 Å². The van der Waals surface area contributed by atoms with E-state index in [4.69, 9.17) is 15.7 Å². The first kappa shape index (κ1) is 11.8. The van der Waals surface area contributed by atoms with Crippen molar-refractivity contribution < 1.29 is 14.7 Å². The summed E-state index contributed by atoms with van der Waals surface area (Å²) >= 11 is 0. The number of amidine groups is 1. The van der Waals surface area contributed by atoms with Gasteiger partial charge in [0.05, 0.1) is 18.2 Å². The lowest BCUT2D eigenvalue weighted by molar-refractivity contribution is -0.132. The number of fused-ring (bicyclic) bond motifs is 2. The second-order valence-electron chi connectivity index (χ2n) is 5.61. The van der Waals surface area contributed by atoms with Crippen molar-refractivity contribution >= 4 is 11.7 Å². The van der Waals surface area contributed by atoms with Crippen LogP contribution in [0.3, 0.4) is 0 Å². The molecule has 0 spiro atoms. The minimum Gasteiger partial charge on any atom is -0.409 e. The highest BCUT2D eigenvalue weighted by Gasteiger charge is 2.50. The third-order valence-electron chi connectivity index (χ3n) is 4.66. The lowest BCUT2D eigenvalue weighted by atomic mass is 9.67. The molecule has 0 aromatic carbocycles. The molecule has 3 atom stereocenters. The Bertz CT molecular complexity index is 392. The maximum atomic E-state index is 12.3. The molecule has 3 rings (SSSR count). The zero-order valence-electron chi connectivity index (χ0n) is 10.3. The number of hydrogen-bond donors (Lipinski definition) is 3. The van der Waals surface area contributed by atoms with E-state index in [9.17, 15) is 4.79 Å². The Kier molecular flexibility index (Phi) is 2.69. The van der Waals surface area contributed by atoms with Gasteiger partial charge in [0.15, 0.2) is 5.84 Å². The lowest BCUT2D eigenvalue weighted by Crippen LogP contribution is -2.57. The summed E-state index contributed by atoms with van der Waals surface area (Å²) < 4.78 is 5.71. The Morgan fingerprint density at radius 3 is 2.67 bits per heavy atom. The van der Waals surface area contributed by atoms with Gasteiger partial charge in [-0.2, -0.15) is 0 Å². The van der Waals surface area contributed by atoms with Gasteiger partial charge in [-0.25, -0.2) is 0 Å². The topological polar surface area (TPSA) is 96.9 Å². The van der Waals surface area contributed by atoms with Crippen LogP contribution in [0, 0.1) is 5.41 Å². The maximum absolute atomic E-state index is 12.3. The van der Waals surface area contributed by atoms with E-state index in [0.29, 0.717) is 18.9 Å². The lowest BCUT2D eigenvalue weighted by Gasteiger charge is -2.39. The standard InChI is InChI=1S/C12H19N3O3/c13-10(15-17)12(4-1-5-12)11(16)14-8-6-7-2-3-9(8)18-7/h7-9,17H,1-6H2,(H2,13,15)(H,14,16). The molecule has 6 heteroatoms. The summed E-state index contributed by atoms with van der Waals surface area (Å²) in [7, 11) is 0. The third-order valence-corrected chi connectivity index (χ3v) is 4.66. The van der Waals surface area contributed by atoms with Gasteiger partial charge in [-0.05, 0) is 32.1 Å². The zero-order valence-corrected chi connectivity index (χ0v) is 10.3. The Hall–Kier alpha value is -1.30. The highest BCUT2D eigenvalue weighted by molar-refractivity contribution is 6.07. The van der Waals surface area contributed by atoms with Crippen LogP contribution in [-0.2, 0) is 9.53 Å². The monoisotopic (exact) mass is 253 g/mol. The highest BCUT2D eigenvalue weighted by Crippen LogP contribution is 2.42. The van der Waals surface area contributed by atoms with Gasteiger partial charge in [-0.15, -0.1) is 0 Å². The average molecular weight is 253 g/mol. The maximum Gasteiger partial charge on any atom is 0.234 e. The molecule has 2 saturated heterocycles. The molecule has 1 aliphatic carbocycles. The molecule has 0 radical (unpaired) electrons. The summed E-state index contributed by atoms with van der Waals surface area (Å²) in [6.45, 7) is 0. The van der Waals surface area contributed by atoms with Crippen molar-refractivity contribution in [2.45, 2.75) is 56.8 Å². The van der Waals surface area contributed by atoms with Gasteiger partial charge in [0.25, 0.3) is 0 Å². The van der Waals surface area contributed by atoms with Crippen LogP contribution >= 0.6 is 0 Å². The van der Waals surface area contributed by atoms with E-state index in [0.717, 1.165) is 25.7 Å². The average Bonchev–Trinajstić information content (AvgIpc) is 2.89. The third kappa shape index (κ3) is 1.59. The van der Waals surface area contributed by atoms with E-state index in [-0.39, 0.29) is 23.9 Å². The molecule has 3 aliphatic rings. The Morgan fingerprint density at radius 1 is 1.44 bits per heavy atom. The quantitative estimate of drug-likeness (QED) is 0.292. The number of nitrogens with two attached hydrogens (primary N) is 1. The summed E-state index contributed by atoms with van der Waals surface area (Å²) in [4.78, 5) is 12.3. The van der Waals surface area contributed by atoms with Gasteiger partial charge in [-0.1, -0.05) is 11.6 Å². The van der Waals surface area contributed by atoms with Crippen molar-refractivity contribution in [3.63, 3.8) is 0 Å². The number of oxime groups is 1. The molecule has 3 unspecified atom stereocenters. The van der Waals surface area contributed by atoms with E-state index >= 15 is 0 Å². The molecule has 4 N–H and O–H groups in total. The van der Waals surface area contributed by atoms with Crippen LogP contribution < -0.4 is 11.1 Å². The summed E-state index contributed by atoms with van der Waals surface area (Å²) in [5, 5.41) is 14.9. The Labute approximate surface area is 106 Å². The van der Waals surface area contributed by atoms with Crippen molar-refractivity contribution in [2.75, 3.05) is 0 Å². The van der Waals surface area contributed by atoms with Gasteiger partial charge in [0.1, 0.15) is 5.41 Å². The molecular formula is C12H19N3O3. The number of rotatable bonds is 3. The summed E-state index contributed by atoms with van der Waals surface area (Å²) in [6.07, 6.45) is 5.74. The normalized spacial score (nSPS) is 37.3. The van der Waals surface area contributed by atoms with E-state index in [1.807, 2.05) is 0 Å². The fraction of sp³-hybridized carbons (Fsp3) is 0.833. The summed E-state index contributed by atoms with van der Waals surface area (Å²) in [5.74, 6) is -0.0690. The van der Waals surface area contributed by atoms with Crippen LogP contribution in [-0.4, -0.2) is 35.2 Å². The number of nitrogens with zero attached hydrogens (tertiary/aromatic N) is 1. The predicted octanol–water partition coefficient (Wildman–Crippen LogP) is 0.339. The van der Waals surface area contributed by atoms with Gasteiger partial charge >= 0.3 is 0 Å². The molecule has 2 bridgehead atoms. The van der Waals surface area contributed by atoms with Crippen LogP contribution in [0.25, 0.3) is 0 Å². The molecule has 6 nitrogen and oxygen atoms in total. The zero-order chi connectivity index (χ0) is 12.8. The second kappa shape index (κ2) is 4.12. The van der Waals surface area contributed by atoms with Gasteiger partial charge < -0.3 is 21.0 Å². The van der Waals surface area contributed by atoms with E-state index in [2.05, 4.69) is 10.5 Å². The molecule has 3 fully saturated rings. The first-order chi connectivity index (χ1) is 8.65. The van der Waals surface area contributed by atoms with Gasteiger partial charge in [0, 0.05) is 0 Å². The van der Waals surface area contributed by atoms with Crippen molar-refractivity contribution in [1.82, 2.24) is 5.32 Å². The van der Waals surface area contributed by atoms with Crippen molar-refractivity contribution in [1.29, 1.82) is 0 Å². The molecular weight excluding hydrogens is 234 g/mol. The molecule has 0 aromatic heterocycles. The molecule has 0 aromatic rings. The number of nitrogens with one attached hydrogen (secondary N) is 1. The fourth-order valence-electron chi connectivity index (χ4n) is 3.32. The molecule has 2 heterocycles. The molecule has 2 aliphatic heterocycles. The molecule has 18 heavy (non-hydrogen) atoms. The van der Waals surface area contributed by atoms with Crippen molar-refractivity contribution in [3.8, 4) is 0 Å². The number of ether oxygens (including phenoxy) is 1. The Balaban J connectivity index is 1.67. The fourth-order valence-corrected chi connectivity index (χ4v) is 3.32. The van der Waals surface area contributed by atoms with Crippen LogP contribution in [0.5, 0.6) is 0 Å². The van der Waals surface area contributed by atoms with Crippen LogP contribution in [0.15, 0.2) is 5.16 Å². The SMILES string of the molecule is NC(=NO)C1(C(=O)NC2CC3CCC2O3)CCC1. The van der Waals surface area contributed by atoms with Gasteiger partial charge in [0.2, 0.25) is 5.91 Å². The molecule has 1 amide bonds. The van der Waals surface area contributed by atoms with E-state index in [1.165, 1.54) is 0 Å². The Morgan fingerprint density at radius 2 is 2.22 bits per heavy atom. The second-order valence-corrected chi connectivity index (χ2v) is 5.61. The van der Waals surface area contributed by atoms with E-state index < -0.39 is 5.41 Å². The molecule has 1 saturated carbocycles. The summed E-state index contributed by atoms with van der Waals surface area (Å²) in [5.41, 5.74) is 4.89. The summed E-state index contributed by atoms with van der Waals surface area (Å²) in [6, 6.07) is 0.0974. The van der Waals surface area contributed by atoms with Crippen LogP contribution in [0.1, 0.15) is 38.5 Å². The van der Waals surface area contributed by atoms with E-state index in [1.54, 1.807) is 0 Å². The largest absolute Gasteiger partial charge is 0.409 e. The first-order valence-electron chi connectivity index (χ1n) is 6.60. The van der Waals surface area contributed by atoms with Gasteiger partial charge in [-0.3, -0.25) is 4.79 Å². The minimum atomic E-state index is -0.781. The van der Waals surface area contributed by atoms with Crippen LogP contribution in [0.2, 0.25) is 0 Å². The predicted molar refractivity (Wildman–Crippen MR) is 64.1 cm³/mol. The first-order valence-corrected chi connectivity index (χ1v) is 6.60.